The standard InChI is InChI=1S/C6H6N2.2ClH.Zn/c7-8-6-4-2-1-3-5-6;;;/h1-4H,5H2;2*1H;/q;;;+2/p-2. The van der Waals surface area contributed by atoms with Crippen LogP contribution in [-0.2, 0) is 19.5 Å². The van der Waals surface area contributed by atoms with Gasteiger partial charge in [-0.15, -0.1) is 0 Å². The van der Waals surface area contributed by atoms with Crippen LogP contribution in [0.1, 0.15) is 6.42 Å². The van der Waals surface area contributed by atoms with E-state index in [-0.39, 0.29) is 44.3 Å². The Morgan fingerprint density at radius 1 is 1.27 bits per heavy atom. The second kappa shape index (κ2) is 10.1. The Bertz CT molecular complexity index is 195. The SMILES string of the molecule is [Cl-].[Cl-].[N-]=[N+]=C1C=CC=CC1.[Zn+2]. The maximum absolute atomic E-state index is 8.19. The summed E-state index contributed by atoms with van der Waals surface area (Å²) in [5, 5.41) is 0. The monoisotopic (exact) mass is 240 g/mol. The van der Waals surface area contributed by atoms with Crippen LogP contribution in [-0.4, -0.2) is 10.5 Å². The summed E-state index contributed by atoms with van der Waals surface area (Å²) in [4.78, 5) is 3.03. The van der Waals surface area contributed by atoms with Crippen LogP contribution in [0.15, 0.2) is 24.3 Å². The molecule has 0 aromatic carbocycles. The topological polar surface area (TPSA) is 36.4 Å². The van der Waals surface area contributed by atoms with Crippen LogP contribution >= 0.6 is 0 Å². The zero-order valence-corrected chi connectivity index (χ0v) is 10.4. The molecule has 0 saturated carbocycles. The first kappa shape index (κ1) is 17.2. The third kappa shape index (κ3) is 6.46. The molecule has 0 amide bonds. The molecule has 0 aliphatic heterocycles. The van der Waals surface area contributed by atoms with Gasteiger partial charge in [0.25, 0.3) is 5.71 Å². The summed E-state index contributed by atoms with van der Waals surface area (Å²) in [6.07, 6.45) is 8.23. The average Bonchev–Trinajstić information content (AvgIpc) is 1.90. The van der Waals surface area contributed by atoms with Crippen molar-refractivity contribution in [1.82, 2.24) is 0 Å². The van der Waals surface area contributed by atoms with Crippen LogP contribution in [0.2, 0.25) is 0 Å². The zero-order valence-electron chi connectivity index (χ0n) is 5.87. The second-order valence-corrected chi connectivity index (χ2v) is 1.58. The first-order chi connectivity index (χ1) is 3.93. The molecule has 0 heterocycles. The predicted octanol–water partition coefficient (Wildman–Crippen LogP) is -4.82. The van der Waals surface area contributed by atoms with Gasteiger partial charge in [0.15, 0.2) is 0 Å². The number of rotatable bonds is 0. The third-order valence-corrected chi connectivity index (χ3v) is 0.991. The molecule has 1 aliphatic carbocycles. The molecule has 0 fully saturated rings. The Morgan fingerprint density at radius 2 is 1.91 bits per heavy atom. The molecule has 11 heavy (non-hydrogen) atoms. The minimum atomic E-state index is 0. The van der Waals surface area contributed by atoms with Crippen molar-refractivity contribution in [3.8, 4) is 0 Å². The van der Waals surface area contributed by atoms with E-state index in [1.54, 1.807) is 6.08 Å². The van der Waals surface area contributed by atoms with Crippen molar-refractivity contribution < 1.29 is 49.1 Å². The Labute approximate surface area is 91.0 Å². The van der Waals surface area contributed by atoms with Crippen LogP contribution in [0.25, 0.3) is 5.53 Å². The maximum Gasteiger partial charge on any atom is 2.00 e. The van der Waals surface area contributed by atoms with Gasteiger partial charge in [0.05, 0.1) is 6.42 Å². The van der Waals surface area contributed by atoms with Gasteiger partial charge in [-0.3, -0.25) is 0 Å². The molecular weight excluding hydrogens is 236 g/mol. The van der Waals surface area contributed by atoms with Gasteiger partial charge < -0.3 is 30.3 Å². The van der Waals surface area contributed by atoms with Crippen molar-refractivity contribution in [1.29, 1.82) is 0 Å². The maximum atomic E-state index is 8.19. The Morgan fingerprint density at radius 3 is 2.18 bits per heavy atom. The molecule has 0 aromatic rings. The van der Waals surface area contributed by atoms with E-state index in [4.69, 9.17) is 5.53 Å². The summed E-state index contributed by atoms with van der Waals surface area (Å²) < 4.78 is 0. The van der Waals surface area contributed by atoms with Crippen LogP contribution < -0.4 is 24.8 Å². The van der Waals surface area contributed by atoms with Crippen molar-refractivity contribution in [2.45, 2.75) is 6.42 Å². The second-order valence-electron chi connectivity index (χ2n) is 1.58. The van der Waals surface area contributed by atoms with Crippen LogP contribution in [0.5, 0.6) is 0 Å². The molecule has 0 unspecified atom stereocenters. The molecule has 0 atom stereocenters. The number of allylic oxidation sites excluding steroid dienone is 4. The molecule has 0 aromatic heterocycles. The van der Waals surface area contributed by atoms with Gasteiger partial charge in [-0.1, -0.05) is 18.2 Å². The quantitative estimate of drug-likeness (QED) is 0.232. The van der Waals surface area contributed by atoms with E-state index in [2.05, 4.69) is 4.79 Å². The van der Waals surface area contributed by atoms with Crippen molar-refractivity contribution in [2.75, 3.05) is 0 Å². The van der Waals surface area contributed by atoms with E-state index in [9.17, 15) is 0 Å². The average molecular weight is 242 g/mol. The summed E-state index contributed by atoms with van der Waals surface area (Å²) in [6.45, 7) is 0. The van der Waals surface area contributed by atoms with Crippen LogP contribution in [0.3, 0.4) is 0 Å². The molecule has 2 nitrogen and oxygen atoms in total. The molecule has 1 aliphatic rings. The minimum Gasteiger partial charge on any atom is -1.00 e. The number of nitrogens with zero attached hydrogens (tertiary/aromatic N) is 2. The summed E-state index contributed by atoms with van der Waals surface area (Å²) >= 11 is 0. The van der Waals surface area contributed by atoms with Crippen molar-refractivity contribution in [3.63, 3.8) is 0 Å². The van der Waals surface area contributed by atoms with Gasteiger partial charge in [-0.25, -0.2) is 0 Å². The van der Waals surface area contributed by atoms with Gasteiger partial charge in [0.2, 0.25) is 0 Å². The van der Waals surface area contributed by atoms with E-state index in [1.165, 1.54) is 0 Å². The van der Waals surface area contributed by atoms with Gasteiger partial charge in [-0.05, 0) is 0 Å². The van der Waals surface area contributed by atoms with Crippen molar-refractivity contribution >= 4 is 5.71 Å². The molecule has 0 saturated heterocycles. The van der Waals surface area contributed by atoms with Gasteiger partial charge in [-0.2, -0.15) is 4.79 Å². The first-order valence-corrected chi connectivity index (χ1v) is 2.47. The molecule has 5 heteroatoms. The summed E-state index contributed by atoms with van der Waals surface area (Å²) in [6, 6.07) is 0. The first-order valence-electron chi connectivity index (χ1n) is 2.47. The van der Waals surface area contributed by atoms with E-state index in [1.807, 2.05) is 18.2 Å². The Balaban J connectivity index is -0.000000213. The Kier molecular flexibility index (Phi) is 15.8. The fourth-order valence-electron chi connectivity index (χ4n) is 0.576. The zero-order chi connectivity index (χ0) is 5.82. The van der Waals surface area contributed by atoms with Crippen LogP contribution in [0, 0.1) is 0 Å². The molecule has 1 rings (SSSR count). The summed E-state index contributed by atoms with van der Waals surface area (Å²) in [7, 11) is 0. The molecule has 0 radical (unpaired) electrons. The summed E-state index contributed by atoms with van der Waals surface area (Å²) in [5.74, 6) is 0. The van der Waals surface area contributed by atoms with Gasteiger partial charge in [0, 0.05) is 6.08 Å². The fourth-order valence-corrected chi connectivity index (χ4v) is 0.576. The molecule has 0 N–H and O–H groups in total. The van der Waals surface area contributed by atoms with Crippen LogP contribution in [0.4, 0.5) is 0 Å². The molecular formula is C6H6Cl2N2Zn. The van der Waals surface area contributed by atoms with Gasteiger partial charge >= 0.3 is 19.5 Å². The number of hydrogen-bond acceptors (Lipinski definition) is 0. The van der Waals surface area contributed by atoms with Crippen molar-refractivity contribution in [3.05, 3.63) is 29.8 Å². The molecule has 0 bridgehead atoms. The number of hydrogen-bond donors (Lipinski definition) is 0. The smallest absolute Gasteiger partial charge is 1.00 e. The third-order valence-electron chi connectivity index (χ3n) is 0.991. The fraction of sp³-hybridized carbons (Fsp3) is 0.167. The van der Waals surface area contributed by atoms with E-state index < -0.39 is 0 Å². The van der Waals surface area contributed by atoms with Crippen molar-refractivity contribution in [2.24, 2.45) is 0 Å². The predicted molar refractivity (Wildman–Crippen MR) is 31.5 cm³/mol. The molecule has 56 valence electrons. The summed E-state index contributed by atoms with van der Waals surface area (Å²) in [5.41, 5.74) is 8.91. The number of halogens is 2. The van der Waals surface area contributed by atoms with E-state index in [0.29, 0.717) is 5.71 Å². The van der Waals surface area contributed by atoms with Gasteiger partial charge in [0.1, 0.15) is 0 Å². The Hall–Kier alpha value is 0.0634. The normalized spacial score (nSPS) is 11.8. The molecule has 0 spiro atoms. The van der Waals surface area contributed by atoms with E-state index >= 15 is 0 Å². The largest absolute Gasteiger partial charge is 2.00 e. The minimum absolute atomic E-state index is 0. The van der Waals surface area contributed by atoms with E-state index in [0.717, 1.165) is 6.42 Å².